The zero-order valence-corrected chi connectivity index (χ0v) is 19.0. The summed E-state index contributed by atoms with van der Waals surface area (Å²) in [4.78, 5) is 29.4. The predicted molar refractivity (Wildman–Crippen MR) is 113 cm³/mol. The van der Waals surface area contributed by atoms with Gasteiger partial charge < -0.3 is 28.7 Å². The lowest BCUT2D eigenvalue weighted by Crippen LogP contribution is -2.40. The number of hydrogen-bond donors (Lipinski definition) is 1. The van der Waals surface area contributed by atoms with Crippen LogP contribution in [0.4, 0.5) is 5.69 Å². The van der Waals surface area contributed by atoms with Gasteiger partial charge in [0, 0.05) is 17.6 Å². The highest BCUT2D eigenvalue weighted by molar-refractivity contribution is 6.88. The van der Waals surface area contributed by atoms with Crippen LogP contribution in [0.25, 0.3) is 0 Å². The standard InChI is InChI=1S/C19H23N5O6Si/c1-26-17-15(18(27-2)24-19(23-17)28-3)22-16(25)11-7-8-14(29-11)30-12-9-20-10-13(21-12)31(4,5)6/h7-10H,1-6H3,(H,22,25). The molecule has 0 unspecified atom stereocenters. The van der Waals surface area contributed by atoms with Crippen LogP contribution in [0.1, 0.15) is 10.6 Å². The van der Waals surface area contributed by atoms with Crippen LogP contribution in [0.2, 0.25) is 19.6 Å². The number of carbonyl (C=O) groups is 1. The van der Waals surface area contributed by atoms with Gasteiger partial charge in [0.25, 0.3) is 11.9 Å². The second-order valence-corrected chi connectivity index (χ2v) is 12.3. The van der Waals surface area contributed by atoms with Gasteiger partial charge in [-0.05, 0) is 6.07 Å². The molecule has 0 radical (unpaired) electrons. The number of anilines is 1. The van der Waals surface area contributed by atoms with Gasteiger partial charge in [0.15, 0.2) is 11.4 Å². The quantitative estimate of drug-likeness (QED) is 0.516. The molecule has 0 aromatic carbocycles. The van der Waals surface area contributed by atoms with E-state index in [1.165, 1.54) is 39.7 Å². The van der Waals surface area contributed by atoms with E-state index < -0.39 is 14.0 Å². The van der Waals surface area contributed by atoms with Crippen molar-refractivity contribution in [1.29, 1.82) is 0 Å². The minimum Gasteiger partial charge on any atom is -0.479 e. The van der Waals surface area contributed by atoms with Crippen LogP contribution in [0.3, 0.4) is 0 Å². The lowest BCUT2D eigenvalue weighted by molar-refractivity contribution is 0.0990. The molecule has 1 amide bonds. The van der Waals surface area contributed by atoms with Crippen LogP contribution in [-0.2, 0) is 0 Å². The third-order valence-electron chi connectivity index (χ3n) is 4.02. The van der Waals surface area contributed by atoms with Crippen molar-refractivity contribution in [2.45, 2.75) is 19.6 Å². The zero-order valence-electron chi connectivity index (χ0n) is 18.0. The van der Waals surface area contributed by atoms with Gasteiger partial charge >= 0.3 is 6.01 Å². The Balaban J connectivity index is 1.79. The molecular formula is C19H23N5O6Si. The minimum absolute atomic E-state index is 0.00997. The fraction of sp³-hybridized carbons (Fsp3) is 0.316. The Bertz CT molecular complexity index is 1060. The average molecular weight is 446 g/mol. The largest absolute Gasteiger partial charge is 0.479 e. The molecule has 3 aromatic rings. The first-order chi connectivity index (χ1) is 14.7. The fourth-order valence-corrected chi connectivity index (χ4v) is 3.34. The SMILES string of the molecule is COc1nc(OC)c(NC(=O)c2ccc(Oc3cncc([Si](C)(C)C)n3)o2)c(OC)n1. The van der Waals surface area contributed by atoms with Crippen LogP contribution in [-0.4, -0.2) is 55.2 Å². The Hall–Kier alpha value is -3.67. The van der Waals surface area contributed by atoms with E-state index in [9.17, 15) is 4.79 Å². The number of rotatable bonds is 8. The molecule has 0 atom stereocenters. The summed E-state index contributed by atoms with van der Waals surface area (Å²) < 4.78 is 26.5. The highest BCUT2D eigenvalue weighted by Gasteiger charge is 2.22. The maximum Gasteiger partial charge on any atom is 0.322 e. The van der Waals surface area contributed by atoms with Crippen molar-refractivity contribution >= 4 is 25.0 Å². The van der Waals surface area contributed by atoms with Crippen molar-refractivity contribution < 1.29 is 28.2 Å². The van der Waals surface area contributed by atoms with E-state index in [0.717, 1.165) is 5.32 Å². The summed E-state index contributed by atoms with van der Waals surface area (Å²) in [6.45, 7) is 6.46. The van der Waals surface area contributed by atoms with Crippen LogP contribution in [0.15, 0.2) is 28.9 Å². The van der Waals surface area contributed by atoms with Gasteiger partial charge in [-0.25, -0.2) is 4.98 Å². The lowest BCUT2D eigenvalue weighted by Gasteiger charge is -2.14. The van der Waals surface area contributed by atoms with Gasteiger partial charge in [-0.1, -0.05) is 19.6 Å². The van der Waals surface area contributed by atoms with Crippen LogP contribution in [0.5, 0.6) is 29.6 Å². The molecule has 1 N–H and O–H groups in total. The van der Waals surface area contributed by atoms with E-state index in [1.54, 1.807) is 6.20 Å². The maximum absolute atomic E-state index is 12.7. The van der Waals surface area contributed by atoms with E-state index in [-0.39, 0.29) is 41.0 Å². The molecule has 31 heavy (non-hydrogen) atoms. The number of nitrogens with zero attached hydrogens (tertiary/aromatic N) is 4. The Morgan fingerprint density at radius 2 is 1.65 bits per heavy atom. The first kappa shape index (κ1) is 22.0. The molecule has 3 rings (SSSR count). The van der Waals surface area contributed by atoms with E-state index in [4.69, 9.17) is 23.4 Å². The Kier molecular flexibility index (Phi) is 6.39. The second kappa shape index (κ2) is 9.00. The van der Waals surface area contributed by atoms with E-state index in [1.807, 2.05) is 0 Å². The number of aromatic nitrogens is 4. The number of hydrogen-bond acceptors (Lipinski definition) is 10. The van der Waals surface area contributed by atoms with Crippen LogP contribution in [0, 0.1) is 0 Å². The maximum atomic E-state index is 12.7. The molecule has 12 heteroatoms. The number of amides is 1. The highest BCUT2D eigenvalue weighted by atomic mass is 28.3. The Morgan fingerprint density at radius 1 is 0.968 bits per heavy atom. The summed E-state index contributed by atoms with van der Waals surface area (Å²) in [5.74, 6) is -0.0753. The average Bonchev–Trinajstić information content (AvgIpc) is 3.21. The number of methoxy groups -OCH3 is 3. The smallest absolute Gasteiger partial charge is 0.322 e. The third-order valence-corrected chi connectivity index (χ3v) is 5.80. The van der Waals surface area contributed by atoms with E-state index in [0.29, 0.717) is 0 Å². The predicted octanol–water partition coefficient (Wildman–Crippen LogP) is 2.48. The van der Waals surface area contributed by atoms with E-state index in [2.05, 4.69) is 44.9 Å². The van der Waals surface area contributed by atoms with Crippen molar-refractivity contribution in [1.82, 2.24) is 19.9 Å². The molecule has 0 fully saturated rings. The summed E-state index contributed by atoms with van der Waals surface area (Å²) in [5, 5.41) is 3.51. The number of furan rings is 1. The van der Waals surface area contributed by atoms with Gasteiger partial charge in [0.1, 0.15) is 8.07 Å². The van der Waals surface area contributed by atoms with Gasteiger partial charge in [0.05, 0.1) is 27.5 Å². The monoisotopic (exact) mass is 445 g/mol. The van der Waals surface area contributed by atoms with Gasteiger partial charge in [0.2, 0.25) is 17.6 Å². The Labute approximate surface area is 179 Å². The summed E-state index contributed by atoms with van der Waals surface area (Å²) in [7, 11) is 2.54. The molecule has 3 heterocycles. The van der Waals surface area contributed by atoms with Crippen LogP contribution >= 0.6 is 0 Å². The minimum atomic E-state index is -1.66. The molecule has 11 nitrogen and oxygen atoms in total. The summed E-state index contributed by atoms with van der Waals surface area (Å²) >= 11 is 0. The van der Waals surface area contributed by atoms with Gasteiger partial charge in [-0.2, -0.15) is 9.97 Å². The van der Waals surface area contributed by atoms with Crippen molar-refractivity contribution in [3.05, 3.63) is 30.3 Å². The molecule has 0 aliphatic heterocycles. The number of carbonyl (C=O) groups excluding carboxylic acids is 1. The summed E-state index contributed by atoms with van der Waals surface area (Å²) in [5.41, 5.74) is 0.128. The van der Waals surface area contributed by atoms with Crippen LogP contribution < -0.4 is 29.6 Å². The summed E-state index contributed by atoms with van der Waals surface area (Å²) in [6, 6.07) is 3.00. The first-order valence-electron chi connectivity index (χ1n) is 9.20. The topological polar surface area (TPSA) is 131 Å². The number of nitrogens with one attached hydrogen (secondary N) is 1. The molecule has 0 saturated heterocycles. The lowest BCUT2D eigenvalue weighted by atomic mass is 10.4. The molecule has 3 aromatic heterocycles. The third kappa shape index (κ3) is 5.09. The molecule has 0 saturated carbocycles. The van der Waals surface area contributed by atoms with Gasteiger partial charge in [-0.3, -0.25) is 9.78 Å². The normalized spacial score (nSPS) is 11.0. The molecule has 0 aliphatic rings. The highest BCUT2D eigenvalue weighted by Crippen LogP contribution is 2.33. The van der Waals surface area contributed by atoms with Crippen molar-refractivity contribution in [3.8, 4) is 29.6 Å². The van der Waals surface area contributed by atoms with Crippen molar-refractivity contribution in [3.63, 3.8) is 0 Å². The molecule has 0 aliphatic carbocycles. The van der Waals surface area contributed by atoms with Gasteiger partial charge in [-0.15, -0.1) is 0 Å². The molecule has 0 bridgehead atoms. The number of ether oxygens (including phenoxy) is 4. The van der Waals surface area contributed by atoms with E-state index >= 15 is 0 Å². The Morgan fingerprint density at radius 3 is 2.23 bits per heavy atom. The molecular weight excluding hydrogens is 422 g/mol. The molecule has 0 spiro atoms. The first-order valence-corrected chi connectivity index (χ1v) is 12.7. The fourth-order valence-electron chi connectivity index (χ4n) is 2.43. The second-order valence-electron chi connectivity index (χ2n) is 7.27. The van der Waals surface area contributed by atoms with Crippen molar-refractivity contribution in [2.24, 2.45) is 0 Å². The van der Waals surface area contributed by atoms with Crippen molar-refractivity contribution in [2.75, 3.05) is 26.6 Å². The summed E-state index contributed by atoms with van der Waals surface area (Å²) in [6.07, 6.45) is 3.22. The molecule has 164 valence electrons. The zero-order chi connectivity index (χ0) is 22.6.